The Kier molecular flexibility index (Phi) is 3.35. The highest BCUT2D eigenvalue weighted by atomic mass is 32.2. The molecule has 0 saturated carbocycles. The molecule has 1 unspecified atom stereocenters. The van der Waals surface area contributed by atoms with Gasteiger partial charge in [0.2, 0.25) is 0 Å². The summed E-state index contributed by atoms with van der Waals surface area (Å²) in [5, 5.41) is 9.79. The van der Waals surface area contributed by atoms with Crippen LogP contribution in [0.5, 0.6) is 0 Å². The van der Waals surface area contributed by atoms with Crippen molar-refractivity contribution in [2.24, 2.45) is 0 Å². The van der Waals surface area contributed by atoms with E-state index in [-0.39, 0.29) is 4.90 Å². The second kappa shape index (κ2) is 4.79. The highest BCUT2D eigenvalue weighted by Gasteiger charge is 2.25. The van der Waals surface area contributed by atoms with E-state index in [0.717, 1.165) is 10.8 Å². The van der Waals surface area contributed by atoms with Gasteiger partial charge < -0.3 is 0 Å². The van der Waals surface area contributed by atoms with Crippen molar-refractivity contribution in [3.8, 4) is 6.07 Å². The van der Waals surface area contributed by atoms with Gasteiger partial charge in [-0.2, -0.15) is 5.26 Å². The largest absolute Gasteiger partial charge is 0.222 e. The maximum atomic E-state index is 12.2. The second-order valence-corrected chi connectivity index (χ2v) is 6.21. The summed E-state index contributed by atoms with van der Waals surface area (Å²) >= 11 is 0. The maximum absolute atomic E-state index is 12.2. The molecular formula is C14H13NO2S. The van der Waals surface area contributed by atoms with Crippen LogP contribution in [0, 0.1) is 11.3 Å². The minimum atomic E-state index is -3.55. The van der Waals surface area contributed by atoms with E-state index in [4.69, 9.17) is 5.26 Å². The van der Waals surface area contributed by atoms with E-state index in [1.165, 1.54) is 0 Å². The van der Waals surface area contributed by atoms with Crippen molar-refractivity contribution in [1.29, 1.82) is 5.26 Å². The predicted octanol–water partition coefficient (Wildman–Crippen LogP) is 2.92. The van der Waals surface area contributed by atoms with Gasteiger partial charge in [-0.05, 0) is 29.3 Å². The lowest BCUT2D eigenvalue weighted by molar-refractivity contribution is 0.587. The van der Waals surface area contributed by atoms with Gasteiger partial charge in [0.15, 0.2) is 15.1 Å². The molecule has 0 radical (unpaired) electrons. The average Bonchev–Trinajstić information content (AvgIpc) is 2.39. The van der Waals surface area contributed by atoms with Gasteiger partial charge in [0.25, 0.3) is 0 Å². The Morgan fingerprint density at radius 1 is 1.17 bits per heavy atom. The number of rotatable bonds is 3. The molecule has 0 N–H and O–H groups in total. The molecule has 0 saturated heterocycles. The van der Waals surface area contributed by atoms with Crippen molar-refractivity contribution in [2.45, 2.75) is 23.5 Å². The SMILES string of the molecule is CCC(C#N)S(=O)(=O)c1ccc2ccccc2c1. The Morgan fingerprint density at radius 2 is 1.83 bits per heavy atom. The van der Waals surface area contributed by atoms with Gasteiger partial charge in [-0.3, -0.25) is 0 Å². The van der Waals surface area contributed by atoms with Crippen LogP contribution in [0.4, 0.5) is 0 Å². The topological polar surface area (TPSA) is 57.9 Å². The van der Waals surface area contributed by atoms with Crippen LogP contribution in [0.25, 0.3) is 10.8 Å². The molecule has 0 heterocycles. The number of fused-ring (bicyclic) bond motifs is 1. The zero-order valence-electron chi connectivity index (χ0n) is 10.00. The van der Waals surface area contributed by atoms with E-state index < -0.39 is 15.1 Å². The fraction of sp³-hybridized carbons (Fsp3) is 0.214. The third-order valence-electron chi connectivity index (χ3n) is 2.94. The van der Waals surface area contributed by atoms with Crippen LogP contribution < -0.4 is 0 Å². The molecule has 3 nitrogen and oxygen atoms in total. The number of benzene rings is 2. The highest BCUT2D eigenvalue weighted by molar-refractivity contribution is 7.92. The normalized spacial score (nSPS) is 13.1. The third-order valence-corrected chi connectivity index (χ3v) is 5.04. The first-order valence-corrected chi connectivity index (χ1v) is 7.26. The van der Waals surface area contributed by atoms with Crippen LogP contribution in [0.2, 0.25) is 0 Å². The molecule has 1 atom stereocenters. The zero-order chi connectivity index (χ0) is 13.2. The van der Waals surface area contributed by atoms with E-state index in [0.29, 0.717) is 6.42 Å². The summed E-state index contributed by atoms with van der Waals surface area (Å²) in [6.45, 7) is 1.70. The summed E-state index contributed by atoms with van der Waals surface area (Å²) in [7, 11) is -3.55. The molecule has 92 valence electrons. The Balaban J connectivity index is 2.59. The summed E-state index contributed by atoms with van der Waals surface area (Å²) in [5.41, 5.74) is 0. The lowest BCUT2D eigenvalue weighted by atomic mass is 10.1. The first-order chi connectivity index (χ1) is 8.59. The Labute approximate surface area is 107 Å². The monoisotopic (exact) mass is 259 g/mol. The summed E-state index contributed by atoms with van der Waals surface area (Å²) < 4.78 is 24.4. The predicted molar refractivity (Wildman–Crippen MR) is 70.8 cm³/mol. The molecule has 4 heteroatoms. The van der Waals surface area contributed by atoms with E-state index in [1.54, 1.807) is 25.1 Å². The minimum Gasteiger partial charge on any atom is -0.222 e. The number of nitriles is 1. The second-order valence-electron chi connectivity index (χ2n) is 4.08. The summed E-state index contributed by atoms with van der Waals surface area (Å²) in [5.74, 6) is 0. The quantitative estimate of drug-likeness (QED) is 0.851. The van der Waals surface area contributed by atoms with E-state index in [2.05, 4.69) is 0 Å². The molecule has 0 bridgehead atoms. The summed E-state index contributed by atoms with van der Waals surface area (Å²) in [6.07, 6.45) is 0.297. The average molecular weight is 259 g/mol. The van der Waals surface area contributed by atoms with Gasteiger partial charge >= 0.3 is 0 Å². The van der Waals surface area contributed by atoms with Gasteiger partial charge in [-0.25, -0.2) is 8.42 Å². The highest BCUT2D eigenvalue weighted by Crippen LogP contribution is 2.23. The molecule has 0 aliphatic carbocycles. The van der Waals surface area contributed by atoms with E-state index >= 15 is 0 Å². The first kappa shape index (κ1) is 12.6. The molecule has 0 spiro atoms. The molecular weight excluding hydrogens is 246 g/mol. The van der Waals surface area contributed by atoms with Crippen molar-refractivity contribution in [2.75, 3.05) is 0 Å². The number of sulfone groups is 1. The summed E-state index contributed by atoms with van der Waals surface area (Å²) in [6, 6.07) is 14.4. The lowest BCUT2D eigenvalue weighted by Gasteiger charge is -2.09. The van der Waals surface area contributed by atoms with Gasteiger partial charge in [-0.1, -0.05) is 37.3 Å². The zero-order valence-corrected chi connectivity index (χ0v) is 10.8. The molecule has 2 rings (SSSR count). The molecule has 18 heavy (non-hydrogen) atoms. The summed E-state index contributed by atoms with van der Waals surface area (Å²) in [4.78, 5) is 0.217. The Bertz CT molecular complexity index is 714. The molecule has 0 amide bonds. The van der Waals surface area contributed by atoms with Gasteiger partial charge in [-0.15, -0.1) is 0 Å². The van der Waals surface area contributed by atoms with Crippen molar-refractivity contribution in [3.63, 3.8) is 0 Å². The molecule has 2 aromatic carbocycles. The molecule has 0 aliphatic heterocycles. The minimum absolute atomic E-state index is 0.217. The van der Waals surface area contributed by atoms with Crippen LogP contribution >= 0.6 is 0 Å². The molecule has 0 aromatic heterocycles. The van der Waals surface area contributed by atoms with Gasteiger partial charge in [0.1, 0.15) is 0 Å². The van der Waals surface area contributed by atoms with Crippen LogP contribution in [-0.4, -0.2) is 13.7 Å². The number of hydrogen-bond donors (Lipinski definition) is 0. The molecule has 0 aliphatic rings. The number of nitrogens with zero attached hydrogens (tertiary/aromatic N) is 1. The standard InChI is InChI=1S/C14H13NO2S/c1-2-13(10-15)18(16,17)14-8-7-11-5-3-4-6-12(11)9-14/h3-9,13H,2H2,1H3. The van der Waals surface area contributed by atoms with Crippen LogP contribution in [0.3, 0.4) is 0 Å². The van der Waals surface area contributed by atoms with Crippen molar-refractivity contribution >= 4 is 20.6 Å². The number of hydrogen-bond acceptors (Lipinski definition) is 3. The third kappa shape index (κ3) is 2.09. The van der Waals surface area contributed by atoms with Crippen LogP contribution in [0.1, 0.15) is 13.3 Å². The molecule has 2 aromatic rings. The van der Waals surface area contributed by atoms with Gasteiger partial charge in [0, 0.05) is 0 Å². The van der Waals surface area contributed by atoms with Crippen molar-refractivity contribution in [3.05, 3.63) is 42.5 Å². The Hall–Kier alpha value is -1.86. The Morgan fingerprint density at radius 3 is 2.44 bits per heavy atom. The molecule has 0 fully saturated rings. The first-order valence-electron chi connectivity index (χ1n) is 5.72. The lowest BCUT2D eigenvalue weighted by Crippen LogP contribution is -2.18. The maximum Gasteiger partial charge on any atom is 0.194 e. The van der Waals surface area contributed by atoms with E-state index in [1.807, 2.05) is 30.3 Å². The van der Waals surface area contributed by atoms with E-state index in [9.17, 15) is 8.42 Å². The van der Waals surface area contributed by atoms with Crippen molar-refractivity contribution in [1.82, 2.24) is 0 Å². The van der Waals surface area contributed by atoms with Crippen molar-refractivity contribution < 1.29 is 8.42 Å². The fourth-order valence-corrected chi connectivity index (χ4v) is 3.34. The van der Waals surface area contributed by atoms with Gasteiger partial charge in [0.05, 0.1) is 11.0 Å². The smallest absolute Gasteiger partial charge is 0.194 e. The van der Waals surface area contributed by atoms with Crippen LogP contribution in [0.15, 0.2) is 47.4 Å². The van der Waals surface area contributed by atoms with Crippen LogP contribution in [-0.2, 0) is 9.84 Å². The fourth-order valence-electron chi connectivity index (χ4n) is 1.89.